The average molecular weight is 288 g/mol. The molecule has 1 aromatic rings. The molecule has 0 radical (unpaired) electrons. The van der Waals surface area contributed by atoms with Crippen molar-refractivity contribution in [2.75, 3.05) is 6.54 Å². The van der Waals surface area contributed by atoms with Gasteiger partial charge in [-0.1, -0.05) is 38.1 Å². The first-order valence-electron chi connectivity index (χ1n) is 8.08. The summed E-state index contributed by atoms with van der Waals surface area (Å²) in [6.45, 7) is 9.37. The summed E-state index contributed by atoms with van der Waals surface area (Å²) in [5.41, 5.74) is 2.08. The molecule has 1 aliphatic rings. The van der Waals surface area contributed by atoms with E-state index in [4.69, 9.17) is 0 Å². The van der Waals surface area contributed by atoms with Gasteiger partial charge in [-0.25, -0.2) is 0 Å². The van der Waals surface area contributed by atoms with E-state index in [9.17, 15) is 4.79 Å². The molecule has 2 N–H and O–H groups in total. The highest BCUT2D eigenvalue weighted by atomic mass is 16.2. The molecule has 0 bridgehead atoms. The van der Waals surface area contributed by atoms with Gasteiger partial charge in [0.15, 0.2) is 0 Å². The number of piperidine rings is 1. The second kappa shape index (κ2) is 6.61. The van der Waals surface area contributed by atoms with E-state index in [-0.39, 0.29) is 11.9 Å². The van der Waals surface area contributed by atoms with Crippen LogP contribution in [0.4, 0.5) is 0 Å². The summed E-state index contributed by atoms with van der Waals surface area (Å²) in [4.78, 5) is 12.5. The number of nitrogens with one attached hydrogen (secondary N) is 2. The molecule has 0 spiro atoms. The fraction of sp³-hybridized carbons (Fsp3) is 0.611. The molecule has 3 heteroatoms. The lowest BCUT2D eigenvalue weighted by Crippen LogP contribution is -2.57. The summed E-state index contributed by atoms with van der Waals surface area (Å²) < 4.78 is 0. The Bertz CT molecular complexity index is 472. The number of hydrogen-bond acceptors (Lipinski definition) is 2. The maximum absolute atomic E-state index is 12.5. The molecule has 1 heterocycles. The second-order valence-corrected chi connectivity index (χ2v) is 6.73. The van der Waals surface area contributed by atoms with Crippen LogP contribution in [0.25, 0.3) is 0 Å². The minimum absolute atomic E-state index is 0.0410. The van der Waals surface area contributed by atoms with Gasteiger partial charge in [-0.15, -0.1) is 0 Å². The molecule has 0 aliphatic carbocycles. The molecule has 0 saturated carbocycles. The molecule has 116 valence electrons. The van der Waals surface area contributed by atoms with E-state index in [0.29, 0.717) is 5.92 Å². The van der Waals surface area contributed by atoms with Crippen molar-refractivity contribution in [2.24, 2.45) is 0 Å². The maximum Gasteiger partial charge on any atom is 0.240 e. The Morgan fingerprint density at radius 2 is 1.76 bits per heavy atom. The lowest BCUT2D eigenvalue weighted by atomic mass is 9.89. The van der Waals surface area contributed by atoms with E-state index in [2.05, 4.69) is 55.7 Å². The fourth-order valence-corrected chi connectivity index (χ4v) is 2.86. The van der Waals surface area contributed by atoms with E-state index < -0.39 is 5.54 Å². The third-order valence-corrected chi connectivity index (χ3v) is 4.57. The van der Waals surface area contributed by atoms with Crippen LogP contribution in [0.15, 0.2) is 24.3 Å². The van der Waals surface area contributed by atoms with Crippen molar-refractivity contribution in [1.82, 2.24) is 10.6 Å². The molecule has 1 aliphatic heterocycles. The standard InChI is InChI=1S/C18H28N2O/c1-13(2)15-7-9-16(10-8-15)14(3)20-17(21)18(4)11-5-6-12-19-18/h7-10,13-14,19H,5-6,11-12H2,1-4H3,(H,20,21). The monoisotopic (exact) mass is 288 g/mol. The van der Waals surface area contributed by atoms with Gasteiger partial charge in [0.1, 0.15) is 0 Å². The molecule has 1 saturated heterocycles. The topological polar surface area (TPSA) is 41.1 Å². The van der Waals surface area contributed by atoms with Crippen molar-refractivity contribution in [3.63, 3.8) is 0 Å². The van der Waals surface area contributed by atoms with E-state index >= 15 is 0 Å². The summed E-state index contributed by atoms with van der Waals surface area (Å²) in [5.74, 6) is 0.650. The summed E-state index contributed by atoms with van der Waals surface area (Å²) in [7, 11) is 0. The third-order valence-electron chi connectivity index (χ3n) is 4.57. The summed E-state index contributed by atoms with van der Waals surface area (Å²) >= 11 is 0. The Hall–Kier alpha value is -1.35. The molecule has 2 rings (SSSR count). The fourth-order valence-electron chi connectivity index (χ4n) is 2.86. The zero-order valence-corrected chi connectivity index (χ0v) is 13.7. The highest BCUT2D eigenvalue weighted by Crippen LogP contribution is 2.22. The normalized spacial score (nSPS) is 23.9. The average Bonchev–Trinajstić information content (AvgIpc) is 2.48. The predicted molar refractivity (Wildman–Crippen MR) is 87.3 cm³/mol. The van der Waals surface area contributed by atoms with Crippen molar-refractivity contribution < 1.29 is 4.79 Å². The van der Waals surface area contributed by atoms with Crippen LogP contribution in [0, 0.1) is 0 Å². The van der Waals surface area contributed by atoms with Crippen LogP contribution in [0.5, 0.6) is 0 Å². The molecule has 3 nitrogen and oxygen atoms in total. The Labute approximate surface area is 128 Å². The Kier molecular flexibility index (Phi) is 5.04. The van der Waals surface area contributed by atoms with Crippen LogP contribution in [0.3, 0.4) is 0 Å². The van der Waals surface area contributed by atoms with E-state index in [1.54, 1.807) is 0 Å². The number of carbonyl (C=O) groups is 1. The van der Waals surface area contributed by atoms with E-state index in [1.165, 1.54) is 5.56 Å². The van der Waals surface area contributed by atoms with Gasteiger partial charge in [0.25, 0.3) is 0 Å². The number of benzene rings is 1. The highest BCUT2D eigenvalue weighted by molar-refractivity contribution is 5.86. The van der Waals surface area contributed by atoms with Gasteiger partial charge in [-0.3, -0.25) is 4.79 Å². The van der Waals surface area contributed by atoms with Crippen molar-refractivity contribution in [3.05, 3.63) is 35.4 Å². The zero-order valence-electron chi connectivity index (χ0n) is 13.7. The van der Waals surface area contributed by atoms with Crippen LogP contribution >= 0.6 is 0 Å². The first kappa shape index (κ1) is 16.0. The molecule has 1 amide bonds. The summed E-state index contributed by atoms with van der Waals surface area (Å²) in [6.07, 6.45) is 3.20. The molecule has 2 atom stereocenters. The largest absolute Gasteiger partial charge is 0.348 e. The van der Waals surface area contributed by atoms with Gasteiger partial charge in [0.05, 0.1) is 11.6 Å². The minimum atomic E-state index is -0.412. The van der Waals surface area contributed by atoms with Crippen LogP contribution in [0.1, 0.15) is 70.0 Å². The lowest BCUT2D eigenvalue weighted by molar-refractivity contribution is -0.128. The van der Waals surface area contributed by atoms with Crippen LogP contribution in [-0.2, 0) is 4.79 Å². The molecular weight excluding hydrogens is 260 g/mol. The first-order valence-corrected chi connectivity index (χ1v) is 8.08. The predicted octanol–water partition coefficient (Wildman–Crippen LogP) is 3.52. The second-order valence-electron chi connectivity index (χ2n) is 6.73. The number of amides is 1. The third kappa shape index (κ3) is 3.85. The molecule has 1 aromatic carbocycles. The van der Waals surface area contributed by atoms with Crippen molar-refractivity contribution in [1.29, 1.82) is 0 Å². The van der Waals surface area contributed by atoms with Crippen molar-refractivity contribution in [3.8, 4) is 0 Å². The smallest absolute Gasteiger partial charge is 0.240 e. The van der Waals surface area contributed by atoms with Gasteiger partial charge < -0.3 is 10.6 Å². The first-order chi connectivity index (χ1) is 9.92. The van der Waals surface area contributed by atoms with Gasteiger partial charge >= 0.3 is 0 Å². The zero-order chi connectivity index (χ0) is 15.5. The van der Waals surface area contributed by atoms with Gasteiger partial charge in [-0.05, 0) is 56.7 Å². The number of rotatable bonds is 4. The van der Waals surface area contributed by atoms with Crippen LogP contribution < -0.4 is 10.6 Å². The number of carbonyl (C=O) groups excluding carboxylic acids is 1. The Balaban J connectivity index is 2.00. The van der Waals surface area contributed by atoms with Gasteiger partial charge in [0, 0.05) is 0 Å². The van der Waals surface area contributed by atoms with Gasteiger partial charge in [-0.2, -0.15) is 0 Å². The molecule has 2 unspecified atom stereocenters. The van der Waals surface area contributed by atoms with E-state index in [1.807, 2.05) is 6.92 Å². The Morgan fingerprint density at radius 1 is 1.14 bits per heavy atom. The molecule has 0 aromatic heterocycles. The highest BCUT2D eigenvalue weighted by Gasteiger charge is 2.34. The summed E-state index contributed by atoms with van der Waals surface area (Å²) in [6, 6.07) is 8.60. The van der Waals surface area contributed by atoms with Gasteiger partial charge in [0.2, 0.25) is 5.91 Å². The minimum Gasteiger partial charge on any atom is -0.348 e. The molecular formula is C18H28N2O. The quantitative estimate of drug-likeness (QED) is 0.890. The SMILES string of the molecule is CC(C)c1ccc(C(C)NC(=O)C2(C)CCCCN2)cc1. The Morgan fingerprint density at radius 3 is 2.29 bits per heavy atom. The lowest BCUT2D eigenvalue weighted by Gasteiger charge is -2.34. The molecule has 21 heavy (non-hydrogen) atoms. The van der Waals surface area contributed by atoms with E-state index in [0.717, 1.165) is 31.4 Å². The number of hydrogen-bond donors (Lipinski definition) is 2. The molecule has 1 fully saturated rings. The van der Waals surface area contributed by atoms with Crippen molar-refractivity contribution >= 4 is 5.91 Å². The van der Waals surface area contributed by atoms with Crippen LogP contribution in [-0.4, -0.2) is 18.0 Å². The summed E-state index contributed by atoms with van der Waals surface area (Å²) in [5, 5.41) is 6.52. The maximum atomic E-state index is 12.5. The van der Waals surface area contributed by atoms with Crippen LogP contribution in [0.2, 0.25) is 0 Å². The van der Waals surface area contributed by atoms with Crippen molar-refractivity contribution in [2.45, 2.75) is 64.5 Å².